The average Bonchev–Trinajstić information content (AvgIpc) is 2.67. The van der Waals surface area contributed by atoms with E-state index >= 15 is 0 Å². The summed E-state index contributed by atoms with van der Waals surface area (Å²) in [5.74, 6) is 1.94. The molecule has 25 heavy (non-hydrogen) atoms. The topological polar surface area (TPSA) is 9.23 Å². The second kappa shape index (κ2) is 7.13. The number of allylic oxidation sites excluding steroid dienone is 1. The van der Waals surface area contributed by atoms with Crippen molar-refractivity contribution in [1.82, 2.24) is 0 Å². The van der Waals surface area contributed by atoms with E-state index in [2.05, 4.69) is 48.5 Å². The Balaban J connectivity index is 1.76. The van der Waals surface area contributed by atoms with Gasteiger partial charge >= 0.3 is 0 Å². The van der Waals surface area contributed by atoms with Gasteiger partial charge in [0.25, 0.3) is 0 Å². The van der Waals surface area contributed by atoms with Crippen molar-refractivity contribution in [1.29, 1.82) is 0 Å². The Bertz CT molecular complexity index is 753. The zero-order chi connectivity index (χ0) is 17.3. The molecule has 2 aromatic carbocycles. The molecule has 0 amide bonds. The lowest BCUT2D eigenvalue weighted by Crippen LogP contribution is -2.38. The van der Waals surface area contributed by atoms with Gasteiger partial charge in [-0.1, -0.05) is 61.4 Å². The Hall–Kier alpha value is -1.32. The molecule has 0 bridgehead atoms. The summed E-state index contributed by atoms with van der Waals surface area (Å²) in [5.41, 5.74) is 2.68. The van der Waals surface area contributed by atoms with Gasteiger partial charge in [-0.3, -0.25) is 0 Å². The molecule has 4 rings (SSSR count). The summed E-state index contributed by atoms with van der Waals surface area (Å²) in [6, 6.07) is 19.4. The van der Waals surface area contributed by atoms with Crippen LogP contribution < -0.4 is 4.74 Å². The number of ether oxygens (including phenoxy) is 1. The lowest BCUT2D eigenvalue weighted by atomic mass is 9.75. The molecule has 0 radical (unpaired) electrons. The highest BCUT2D eigenvalue weighted by Crippen LogP contribution is 2.60. The third-order valence-electron chi connectivity index (χ3n) is 5.49. The molecule has 2 aromatic rings. The van der Waals surface area contributed by atoms with Crippen LogP contribution in [0.15, 0.2) is 60.7 Å². The average molecular weight is 369 g/mol. The summed E-state index contributed by atoms with van der Waals surface area (Å²) >= 11 is 7.20. The molecular formula is C22H24OS2. The van der Waals surface area contributed by atoms with Gasteiger partial charge in [0.1, 0.15) is 5.75 Å². The molecule has 1 fully saturated rings. The van der Waals surface area contributed by atoms with Crippen molar-refractivity contribution >= 4 is 29.3 Å². The molecule has 3 unspecified atom stereocenters. The van der Waals surface area contributed by atoms with Crippen LogP contribution in [-0.4, -0.2) is 11.2 Å². The molecule has 0 saturated heterocycles. The van der Waals surface area contributed by atoms with Crippen LogP contribution in [0.4, 0.5) is 0 Å². The first-order valence-electron chi connectivity index (χ1n) is 9.02. The molecule has 0 N–H and O–H groups in total. The molecule has 0 spiro atoms. The number of hydrogen-bond acceptors (Lipinski definition) is 3. The van der Waals surface area contributed by atoms with E-state index in [4.69, 9.17) is 17.4 Å². The Morgan fingerprint density at radius 3 is 2.52 bits per heavy atom. The fraction of sp³-hybridized carbons (Fsp3) is 0.364. The number of fused-ring (bicyclic) bond motifs is 1. The minimum Gasteiger partial charge on any atom is -0.497 e. The Labute approximate surface area is 160 Å². The largest absolute Gasteiger partial charge is 0.497 e. The summed E-state index contributed by atoms with van der Waals surface area (Å²) in [4.78, 5) is 1.35. The van der Waals surface area contributed by atoms with E-state index in [1.165, 1.54) is 41.7 Å². The molecular weight excluding hydrogens is 344 g/mol. The normalized spacial score (nSPS) is 28.8. The molecule has 130 valence electrons. The number of rotatable bonds is 3. The van der Waals surface area contributed by atoms with Gasteiger partial charge in [-0.15, -0.1) is 11.8 Å². The van der Waals surface area contributed by atoms with Gasteiger partial charge in [-0.05, 0) is 42.0 Å². The minimum absolute atomic E-state index is 0.0305. The molecule has 1 saturated carbocycles. The van der Waals surface area contributed by atoms with Gasteiger partial charge < -0.3 is 4.74 Å². The first-order valence-corrected chi connectivity index (χ1v) is 10.3. The van der Waals surface area contributed by atoms with E-state index in [-0.39, 0.29) is 4.08 Å². The van der Waals surface area contributed by atoms with Gasteiger partial charge in [0.05, 0.1) is 11.2 Å². The van der Waals surface area contributed by atoms with Gasteiger partial charge in [0.15, 0.2) is 0 Å². The van der Waals surface area contributed by atoms with Crippen LogP contribution >= 0.6 is 24.4 Å². The van der Waals surface area contributed by atoms with E-state index in [1.54, 1.807) is 7.11 Å². The smallest absolute Gasteiger partial charge is 0.118 e. The Morgan fingerprint density at radius 1 is 1.04 bits per heavy atom. The highest BCUT2D eigenvalue weighted by atomic mass is 32.2. The third-order valence-corrected chi connectivity index (χ3v) is 7.77. The lowest BCUT2D eigenvalue weighted by Gasteiger charge is -2.47. The summed E-state index contributed by atoms with van der Waals surface area (Å²) < 4.78 is 5.34. The first-order chi connectivity index (χ1) is 12.2. The van der Waals surface area contributed by atoms with Crippen molar-refractivity contribution in [3.05, 3.63) is 71.8 Å². The Kier molecular flexibility index (Phi) is 4.88. The maximum Gasteiger partial charge on any atom is 0.118 e. The van der Waals surface area contributed by atoms with Crippen molar-refractivity contribution in [2.75, 3.05) is 7.11 Å². The van der Waals surface area contributed by atoms with Crippen LogP contribution in [0.25, 0.3) is 4.91 Å². The van der Waals surface area contributed by atoms with Crippen LogP contribution in [0, 0.1) is 5.92 Å². The summed E-state index contributed by atoms with van der Waals surface area (Å²) in [5, 5.41) is 0. The number of hydrogen-bond donors (Lipinski definition) is 1. The fourth-order valence-corrected chi connectivity index (χ4v) is 6.41. The maximum absolute atomic E-state index is 5.31. The van der Waals surface area contributed by atoms with Crippen molar-refractivity contribution in [2.24, 2.45) is 5.92 Å². The van der Waals surface area contributed by atoms with Crippen LogP contribution in [0.1, 0.15) is 42.7 Å². The number of thioether (sulfide) groups is 1. The zero-order valence-corrected chi connectivity index (χ0v) is 16.2. The predicted octanol–water partition coefficient (Wildman–Crippen LogP) is 6.38. The molecule has 2 aliphatic rings. The number of methoxy groups -OCH3 is 1. The van der Waals surface area contributed by atoms with E-state index in [1.807, 2.05) is 23.9 Å². The van der Waals surface area contributed by atoms with Crippen molar-refractivity contribution in [2.45, 2.75) is 35.7 Å². The first kappa shape index (κ1) is 17.1. The molecule has 1 aliphatic carbocycles. The second-order valence-corrected chi connectivity index (χ2v) is 9.47. The zero-order valence-electron chi connectivity index (χ0n) is 14.5. The van der Waals surface area contributed by atoms with Gasteiger partial charge in [0, 0.05) is 10.8 Å². The lowest BCUT2D eigenvalue weighted by molar-refractivity contribution is 0.322. The van der Waals surface area contributed by atoms with E-state index in [9.17, 15) is 0 Å². The molecule has 1 heterocycles. The van der Waals surface area contributed by atoms with Gasteiger partial charge in [-0.25, -0.2) is 0 Å². The van der Waals surface area contributed by atoms with Crippen molar-refractivity contribution in [3.8, 4) is 5.75 Å². The fourth-order valence-electron chi connectivity index (χ4n) is 4.16. The third kappa shape index (κ3) is 3.37. The minimum atomic E-state index is 0.0305. The van der Waals surface area contributed by atoms with E-state index in [0.29, 0.717) is 11.8 Å². The molecule has 0 aromatic heterocycles. The second-order valence-electron chi connectivity index (χ2n) is 7.00. The number of thiol groups is 1. The van der Waals surface area contributed by atoms with Crippen molar-refractivity contribution < 1.29 is 4.74 Å². The van der Waals surface area contributed by atoms with Gasteiger partial charge in [-0.2, -0.15) is 12.6 Å². The molecule has 3 atom stereocenters. The quantitative estimate of drug-likeness (QED) is 0.629. The van der Waals surface area contributed by atoms with Crippen LogP contribution in [-0.2, 0) is 0 Å². The maximum atomic E-state index is 5.31. The van der Waals surface area contributed by atoms with Crippen LogP contribution in [0.2, 0.25) is 0 Å². The molecule has 3 heteroatoms. The standard InChI is InChI=1S/C22H24OS2/c1-23-18-12-10-17(11-13-18)21-15-19(16-7-3-2-4-8-16)20-9-5-6-14-22(20,24)25-21/h2-4,7-8,10-13,15,19-20,24H,5-6,9,14H2,1H3. The summed E-state index contributed by atoms with van der Waals surface area (Å²) in [7, 11) is 1.71. The monoisotopic (exact) mass is 368 g/mol. The van der Waals surface area contributed by atoms with E-state index in [0.717, 1.165) is 5.75 Å². The molecule has 1 aliphatic heterocycles. The SMILES string of the molecule is COc1ccc(C2=CC(c3ccccc3)C3CCCCC3(S)S2)cc1. The summed E-state index contributed by atoms with van der Waals surface area (Å²) in [6.07, 6.45) is 7.53. The van der Waals surface area contributed by atoms with Gasteiger partial charge in [0.2, 0.25) is 0 Å². The highest BCUT2D eigenvalue weighted by molar-refractivity contribution is 8.18. The van der Waals surface area contributed by atoms with E-state index < -0.39 is 0 Å². The Morgan fingerprint density at radius 2 is 1.80 bits per heavy atom. The van der Waals surface area contributed by atoms with Crippen LogP contribution in [0.3, 0.4) is 0 Å². The summed E-state index contributed by atoms with van der Waals surface area (Å²) in [6.45, 7) is 0. The molecule has 1 nitrogen and oxygen atoms in total. The van der Waals surface area contributed by atoms with Crippen LogP contribution in [0.5, 0.6) is 5.75 Å². The van der Waals surface area contributed by atoms with Crippen molar-refractivity contribution in [3.63, 3.8) is 0 Å². The number of benzene rings is 2. The predicted molar refractivity (Wildman–Crippen MR) is 111 cm³/mol. The highest BCUT2D eigenvalue weighted by Gasteiger charge is 2.46.